The molecule has 0 radical (unpaired) electrons. The van der Waals surface area contributed by atoms with E-state index < -0.39 is 31.5 Å². The summed E-state index contributed by atoms with van der Waals surface area (Å²) in [5, 5.41) is 0.356. The zero-order valence-electron chi connectivity index (χ0n) is 17.7. The third-order valence-corrected chi connectivity index (χ3v) is 18.3. The summed E-state index contributed by atoms with van der Waals surface area (Å²) in [6, 6.07) is 0. The van der Waals surface area contributed by atoms with Crippen LogP contribution in [0.15, 0.2) is 0 Å². The predicted octanol–water partition coefficient (Wildman–Crippen LogP) is 1.51. The van der Waals surface area contributed by atoms with E-state index in [1.165, 1.54) is 0 Å². The zero-order chi connectivity index (χ0) is 19.6. The van der Waals surface area contributed by atoms with E-state index in [4.69, 9.17) is 0 Å². The van der Waals surface area contributed by atoms with Gasteiger partial charge in [0.15, 0.2) is 0 Å². The van der Waals surface area contributed by atoms with Gasteiger partial charge >= 0.3 is 58.4 Å². The molecule has 0 spiro atoms. The van der Waals surface area contributed by atoms with Crippen molar-refractivity contribution in [2.75, 3.05) is 11.5 Å². The summed E-state index contributed by atoms with van der Waals surface area (Å²) in [4.78, 5) is 44.5. The van der Waals surface area contributed by atoms with Crippen molar-refractivity contribution in [2.45, 2.75) is 77.7 Å². The van der Waals surface area contributed by atoms with Crippen molar-refractivity contribution in [3.63, 3.8) is 0 Å². The van der Waals surface area contributed by atoms with Gasteiger partial charge in [0.05, 0.1) is 0 Å². The van der Waals surface area contributed by atoms with E-state index in [2.05, 4.69) is 38.3 Å². The maximum absolute atomic E-state index is 11.1. The average Bonchev–Trinajstić information content (AvgIpc) is 2.36. The Hall–Kier alpha value is 3.97. The minimum Gasteiger partial charge on any atom is -0.854 e. The standard InChI is InChI=1S/2C7H16O2PS2.3Zn/c2*1-4-5-6-12(7(2)3)10(8,9)11;;;/h2*7H,4-6H2,1-3H3;;;/q2*-3;3*+2. The molecule has 0 rings (SSSR count). The van der Waals surface area contributed by atoms with Gasteiger partial charge in [0, 0.05) is 0 Å². The summed E-state index contributed by atoms with van der Waals surface area (Å²) in [5.41, 5.74) is -7.00. The van der Waals surface area contributed by atoms with Gasteiger partial charge < -0.3 is 55.5 Å². The number of hydrogen-bond acceptors (Lipinski definition) is 6. The number of unbranched alkanes of at least 4 members (excludes halogenated alkanes) is 2. The second kappa shape index (κ2) is 21.8. The van der Waals surface area contributed by atoms with E-state index in [0.29, 0.717) is 0 Å². The average molecular weight is 651 g/mol. The molecule has 0 aliphatic carbocycles. The van der Waals surface area contributed by atoms with Crippen LogP contribution in [0.3, 0.4) is 0 Å². The fourth-order valence-corrected chi connectivity index (χ4v) is 15.0. The topological polar surface area (TPSA) is 92.2 Å². The first-order valence-corrected chi connectivity index (χ1v) is 17.6. The maximum atomic E-state index is 11.1. The van der Waals surface area contributed by atoms with Crippen LogP contribution in [0.4, 0.5) is 0 Å². The van der Waals surface area contributed by atoms with Gasteiger partial charge in [-0.05, 0) is 34.8 Å². The molecule has 0 bridgehead atoms. The van der Waals surface area contributed by atoms with Crippen molar-refractivity contribution in [3.05, 3.63) is 0 Å². The van der Waals surface area contributed by atoms with Crippen LogP contribution < -0.4 is 19.6 Å². The van der Waals surface area contributed by atoms with E-state index in [-0.39, 0.29) is 68.9 Å². The third kappa shape index (κ3) is 22.9. The van der Waals surface area contributed by atoms with Crippen molar-refractivity contribution in [2.24, 2.45) is 0 Å². The molecule has 0 amide bonds. The van der Waals surface area contributed by atoms with Crippen LogP contribution in [0, 0.1) is 0 Å². The van der Waals surface area contributed by atoms with Gasteiger partial charge in [0.1, 0.15) is 0 Å². The van der Waals surface area contributed by atoms with Crippen molar-refractivity contribution in [3.8, 4) is 0 Å². The summed E-state index contributed by atoms with van der Waals surface area (Å²) in [5.74, 6) is 1.50. The molecule has 0 aromatic carbocycles. The van der Waals surface area contributed by atoms with Crippen molar-refractivity contribution in [1.82, 2.24) is 0 Å². The van der Waals surface area contributed by atoms with E-state index >= 15 is 0 Å². The van der Waals surface area contributed by atoms with Crippen LogP contribution in [0.2, 0.25) is 0 Å². The fraction of sp³-hybridized carbons (Fsp3) is 1.00. The molecular formula is C14H32O4P2S4Zn3. The number of rotatable bonds is 8. The molecule has 0 N–H and O–H groups in total. The normalized spacial score (nSPS) is 13.6. The minimum atomic E-state index is -3.50. The first-order valence-electron chi connectivity index (χ1n) is 8.23. The Morgan fingerprint density at radius 2 is 0.889 bits per heavy atom. The van der Waals surface area contributed by atoms with Crippen LogP contribution in [-0.2, 0) is 103 Å². The Labute approximate surface area is 221 Å². The van der Waals surface area contributed by atoms with Crippen molar-refractivity contribution < 1.29 is 78.0 Å². The number of hydrogen-bond donors (Lipinski definition) is 0. The smallest absolute Gasteiger partial charge is 0.854 e. The van der Waals surface area contributed by atoms with E-state index in [9.17, 15) is 19.6 Å². The summed E-state index contributed by atoms with van der Waals surface area (Å²) in [6.45, 7) is 11.8. The quantitative estimate of drug-likeness (QED) is 0.225. The molecule has 0 heterocycles. The molecule has 27 heavy (non-hydrogen) atoms. The predicted molar refractivity (Wildman–Crippen MR) is 113 cm³/mol. The van der Waals surface area contributed by atoms with E-state index in [1.54, 1.807) is 0 Å². The summed E-state index contributed by atoms with van der Waals surface area (Å²) in [6.07, 6.45) is 3.99. The second-order valence-electron chi connectivity index (χ2n) is 5.91. The molecule has 2 unspecified atom stereocenters. The molecule has 0 fully saturated rings. The van der Waals surface area contributed by atoms with Crippen LogP contribution in [0.25, 0.3) is 0 Å². The third-order valence-electron chi connectivity index (χ3n) is 3.08. The van der Waals surface area contributed by atoms with Gasteiger partial charge in [-0.3, -0.25) is 0 Å². The molecule has 4 nitrogen and oxygen atoms in total. The maximum Gasteiger partial charge on any atom is 2.00 e. The van der Waals surface area contributed by atoms with Crippen LogP contribution in [-0.4, -0.2) is 22.0 Å². The minimum absolute atomic E-state index is 0. The first kappa shape index (κ1) is 41.2. The van der Waals surface area contributed by atoms with Gasteiger partial charge in [0.25, 0.3) is 0 Å². The summed E-state index contributed by atoms with van der Waals surface area (Å²) < 4.78 is 0. The molecule has 0 saturated carbocycles. The second-order valence-corrected chi connectivity index (χ2v) is 22.0. The Morgan fingerprint density at radius 3 is 1.00 bits per heavy atom. The molecule has 0 saturated heterocycles. The Balaban J connectivity index is -0.000000108. The van der Waals surface area contributed by atoms with E-state index in [1.807, 2.05) is 27.7 Å². The molecule has 0 aliphatic rings. The van der Waals surface area contributed by atoms with E-state index in [0.717, 1.165) is 37.2 Å². The first-order chi connectivity index (χ1) is 10.8. The molecule has 0 aromatic rings. The van der Waals surface area contributed by atoms with Gasteiger partial charge in [0.2, 0.25) is 0 Å². The zero-order valence-corrected chi connectivity index (χ0v) is 31.6. The van der Waals surface area contributed by atoms with Crippen LogP contribution in [0.1, 0.15) is 67.2 Å². The molecule has 0 aliphatic heterocycles. The fourth-order valence-electron chi connectivity index (χ4n) is 1.80. The molecule has 152 valence electrons. The van der Waals surface area contributed by atoms with Gasteiger partial charge in [-0.25, -0.2) is 20.1 Å². The largest absolute Gasteiger partial charge is 2.00 e. The van der Waals surface area contributed by atoms with Crippen molar-refractivity contribution >= 4 is 56.0 Å². The van der Waals surface area contributed by atoms with Gasteiger partial charge in [-0.2, -0.15) is 0 Å². The summed E-state index contributed by atoms with van der Waals surface area (Å²) in [7, 11) is -1.16. The molecule has 2 atom stereocenters. The van der Waals surface area contributed by atoms with Gasteiger partial charge in [-0.1, -0.05) is 54.4 Å². The molecule has 13 heteroatoms. The monoisotopic (exact) mass is 646 g/mol. The molecule has 0 aromatic heterocycles. The summed E-state index contributed by atoms with van der Waals surface area (Å²) >= 11 is 9.02. The Kier molecular flexibility index (Phi) is 33.3. The Morgan fingerprint density at radius 1 is 0.667 bits per heavy atom. The Bertz CT molecular complexity index is 411. The van der Waals surface area contributed by atoms with Gasteiger partial charge in [-0.15, -0.1) is 0 Å². The molecular weight excluding hydrogens is 619 g/mol. The van der Waals surface area contributed by atoms with Crippen LogP contribution >= 0.6 is 11.4 Å². The van der Waals surface area contributed by atoms with Crippen LogP contribution in [0.5, 0.6) is 0 Å². The SMILES string of the molecule is CCCCS(C(C)C)=P([O-])([O-])[S-].CCCCS(C(C)C)=P([O-])([O-])[S-].[Zn+2].[Zn+2].[Zn+2]. The van der Waals surface area contributed by atoms with Crippen molar-refractivity contribution in [1.29, 1.82) is 0 Å².